The van der Waals surface area contributed by atoms with Crippen LogP contribution >= 0.6 is 0 Å². The Morgan fingerprint density at radius 1 is 1.24 bits per heavy atom. The maximum atomic E-state index is 12.5. The van der Waals surface area contributed by atoms with Crippen LogP contribution in [0.4, 0.5) is 5.82 Å². The topological polar surface area (TPSA) is 82.3 Å². The van der Waals surface area contributed by atoms with E-state index in [9.17, 15) is 10.1 Å². The average molecular weight is 456 g/mol. The van der Waals surface area contributed by atoms with Gasteiger partial charge in [0.1, 0.15) is 11.9 Å². The molecule has 3 heterocycles. The van der Waals surface area contributed by atoms with E-state index in [4.69, 9.17) is 9.72 Å². The standard InChI is InChI=1S/C27H29N5O2/c1-18-17-31(11-12-32(18)25(33)9-13-34-2)27-22(16-28)15-23(26(30-27)19-5-6-19)20-7-8-24-21(14-20)4-3-10-29-24/h3-4,7-8,10,14-15,18-19H,5-6,9,11-13,17H2,1-2H3. The molecule has 1 saturated carbocycles. The molecule has 5 rings (SSSR count). The van der Waals surface area contributed by atoms with Crippen LogP contribution in [0.3, 0.4) is 0 Å². The Hall–Kier alpha value is -3.50. The van der Waals surface area contributed by atoms with Gasteiger partial charge in [-0.25, -0.2) is 4.98 Å². The highest BCUT2D eigenvalue weighted by atomic mass is 16.5. The number of piperazine rings is 1. The first-order valence-corrected chi connectivity index (χ1v) is 11.9. The molecule has 1 unspecified atom stereocenters. The zero-order valence-electron chi connectivity index (χ0n) is 19.7. The Kier molecular flexibility index (Phi) is 6.16. The third-order valence-corrected chi connectivity index (χ3v) is 6.80. The molecule has 34 heavy (non-hydrogen) atoms. The summed E-state index contributed by atoms with van der Waals surface area (Å²) in [4.78, 5) is 26.2. The zero-order valence-corrected chi connectivity index (χ0v) is 19.7. The first kappa shape index (κ1) is 22.3. The summed E-state index contributed by atoms with van der Waals surface area (Å²) in [6.07, 6.45) is 4.44. The van der Waals surface area contributed by atoms with E-state index in [1.54, 1.807) is 13.3 Å². The highest BCUT2D eigenvalue weighted by Gasteiger charge is 2.33. The largest absolute Gasteiger partial charge is 0.384 e. The minimum absolute atomic E-state index is 0.0449. The summed E-state index contributed by atoms with van der Waals surface area (Å²) in [5.74, 6) is 1.29. The van der Waals surface area contributed by atoms with Crippen LogP contribution in [0.25, 0.3) is 22.0 Å². The predicted molar refractivity (Wildman–Crippen MR) is 132 cm³/mol. The normalized spacial score (nSPS) is 18.2. The van der Waals surface area contributed by atoms with Crippen LogP contribution in [0, 0.1) is 11.3 Å². The average Bonchev–Trinajstić information content (AvgIpc) is 3.71. The van der Waals surface area contributed by atoms with Crippen molar-refractivity contribution < 1.29 is 9.53 Å². The number of nitrogens with zero attached hydrogens (tertiary/aromatic N) is 5. The fraction of sp³-hybridized carbons (Fsp3) is 0.407. The number of fused-ring (bicyclic) bond motifs is 1. The number of hydrogen-bond acceptors (Lipinski definition) is 6. The van der Waals surface area contributed by atoms with Gasteiger partial charge in [0.15, 0.2) is 0 Å². The highest BCUT2D eigenvalue weighted by molar-refractivity contribution is 5.85. The Bertz CT molecular complexity index is 1260. The van der Waals surface area contributed by atoms with Crippen molar-refractivity contribution in [3.8, 4) is 17.2 Å². The molecule has 7 heteroatoms. The van der Waals surface area contributed by atoms with E-state index in [2.05, 4.69) is 41.1 Å². The van der Waals surface area contributed by atoms with Crippen LogP contribution in [-0.4, -0.2) is 60.2 Å². The molecule has 7 nitrogen and oxygen atoms in total. The molecular formula is C27H29N5O2. The molecule has 2 fully saturated rings. The van der Waals surface area contributed by atoms with Crippen LogP contribution in [0.5, 0.6) is 0 Å². The van der Waals surface area contributed by atoms with Crippen molar-refractivity contribution in [3.05, 3.63) is 53.9 Å². The molecule has 174 valence electrons. The van der Waals surface area contributed by atoms with Crippen LogP contribution in [-0.2, 0) is 9.53 Å². The second-order valence-corrected chi connectivity index (χ2v) is 9.21. The van der Waals surface area contributed by atoms with E-state index in [0.717, 1.165) is 46.4 Å². The molecule has 1 atom stereocenters. The van der Waals surface area contributed by atoms with Crippen LogP contribution in [0.1, 0.15) is 43.4 Å². The predicted octanol–water partition coefficient (Wildman–Crippen LogP) is 4.12. The second-order valence-electron chi connectivity index (χ2n) is 9.21. The Morgan fingerprint density at radius 2 is 2.09 bits per heavy atom. The molecule has 2 aliphatic rings. The molecule has 0 N–H and O–H groups in total. The first-order chi connectivity index (χ1) is 16.6. The summed E-state index contributed by atoms with van der Waals surface area (Å²) in [6, 6.07) is 14.7. The molecular weight excluding hydrogens is 426 g/mol. The third kappa shape index (κ3) is 4.34. The maximum Gasteiger partial charge on any atom is 0.225 e. The number of ether oxygens (including phenoxy) is 1. The molecule has 1 saturated heterocycles. The molecule has 1 aliphatic heterocycles. The fourth-order valence-corrected chi connectivity index (χ4v) is 4.84. The van der Waals surface area contributed by atoms with Gasteiger partial charge in [0.2, 0.25) is 5.91 Å². The Balaban J connectivity index is 1.47. The lowest BCUT2D eigenvalue weighted by Gasteiger charge is -2.41. The van der Waals surface area contributed by atoms with Gasteiger partial charge in [-0.05, 0) is 49.6 Å². The number of methoxy groups -OCH3 is 1. The smallest absolute Gasteiger partial charge is 0.225 e. The summed E-state index contributed by atoms with van der Waals surface area (Å²) >= 11 is 0. The second kappa shape index (κ2) is 9.40. The summed E-state index contributed by atoms with van der Waals surface area (Å²) in [5.41, 5.74) is 4.71. The number of carbonyl (C=O) groups is 1. The number of nitriles is 1. The van der Waals surface area contributed by atoms with Gasteiger partial charge in [-0.15, -0.1) is 0 Å². The van der Waals surface area contributed by atoms with E-state index >= 15 is 0 Å². The van der Waals surface area contributed by atoms with Crippen LogP contribution < -0.4 is 4.90 Å². The quantitative estimate of drug-likeness (QED) is 0.556. The monoisotopic (exact) mass is 455 g/mol. The summed E-state index contributed by atoms with van der Waals surface area (Å²) in [7, 11) is 1.61. The van der Waals surface area contributed by atoms with E-state index in [1.807, 2.05) is 23.1 Å². The number of pyridine rings is 2. The molecule has 0 radical (unpaired) electrons. The summed E-state index contributed by atoms with van der Waals surface area (Å²) < 4.78 is 5.06. The van der Waals surface area contributed by atoms with Gasteiger partial charge in [0, 0.05) is 55.9 Å². The summed E-state index contributed by atoms with van der Waals surface area (Å²) in [5, 5.41) is 11.1. The molecule has 3 aromatic rings. The van der Waals surface area contributed by atoms with E-state index in [-0.39, 0.29) is 11.9 Å². The molecule has 2 aromatic heterocycles. The first-order valence-electron chi connectivity index (χ1n) is 11.9. The van der Waals surface area contributed by atoms with Gasteiger partial charge in [-0.2, -0.15) is 5.26 Å². The number of carbonyl (C=O) groups excluding carboxylic acids is 1. The minimum atomic E-state index is 0.0449. The number of amides is 1. The number of aromatic nitrogens is 2. The van der Waals surface area contributed by atoms with Crippen LogP contribution in [0.2, 0.25) is 0 Å². The van der Waals surface area contributed by atoms with Crippen molar-refractivity contribution >= 4 is 22.6 Å². The van der Waals surface area contributed by atoms with E-state index in [0.29, 0.717) is 44.1 Å². The molecule has 1 aromatic carbocycles. The summed E-state index contributed by atoms with van der Waals surface area (Å²) in [6.45, 7) is 4.43. The van der Waals surface area contributed by atoms with Gasteiger partial charge < -0.3 is 14.5 Å². The molecule has 1 amide bonds. The third-order valence-electron chi connectivity index (χ3n) is 6.80. The van der Waals surface area contributed by atoms with Crippen molar-refractivity contribution in [2.45, 2.75) is 38.1 Å². The lowest BCUT2D eigenvalue weighted by atomic mass is 9.97. The molecule has 0 spiro atoms. The van der Waals surface area contributed by atoms with Gasteiger partial charge in [-0.3, -0.25) is 9.78 Å². The SMILES string of the molecule is COCCC(=O)N1CCN(c2nc(C3CC3)c(-c3ccc4ncccc4c3)cc2C#N)CC1C. The van der Waals surface area contributed by atoms with Gasteiger partial charge in [0.05, 0.1) is 29.8 Å². The lowest BCUT2D eigenvalue weighted by molar-refractivity contribution is -0.134. The molecule has 1 aliphatic carbocycles. The fourth-order valence-electron chi connectivity index (χ4n) is 4.84. The van der Waals surface area contributed by atoms with Crippen molar-refractivity contribution in [2.24, 2.45) is 0 Å². The number of rotatable bonds is 6. The number of hydrogen-bond donors (Lipinski definition) is 0. The van der Waals surface area contributed by atoms with Gasteiger partial charge >= 0.3 is 0 Å². The Labute approximate surface area is 200 Å². The van der Waals surface area contributed by atoms with Crippen molar-refractivity contribution in [2.75, 3.05) is 38.3 Å². The maximum absolute atomic E-state index is 12.5. The zero-order chi connectivity index (χ0) is 23.7. The number of anilines is 1. The number of benzene rings is 1. The highest BCUT2D eigenvalue weighted by Crippen LogP contribution is 2.45. The van der Waals surface area contributed by atoms with Crippen LogP contribution in [0.15, 0.2) is 42.6 Å². The van der Waals surface area contributed by atoms with Crippen molar-refractivity contribution in [1.82, 2.24) is 14.9 Å². The van der Waals surface area contributed by atoms with E-state index < -0.39 is 0 Å². The van der Waals surface area contributed by atoms with Gasteiger partial charge in [0.25, 0.3) is 0 Å². The molecule has 0 bridgehead atoms. The Morgan fingerprint density at radius 3 is 2.82 bits per heavy atom. The minimum Gasteiger partial charge on any atom is -0.384 e. The lowest BCUT2D eigenvalue weighted by Crippen LogP contribution is -2.54. The van der Waals surface area contributed by atoms with Gasteiger partial charge in [-0.1, -0.05) is 12.1 Å². The van der Waals surface area contributed by atoms with Crippen molar-refractivity contribution in [3.63, 3.8) is 0 Å². The van der Waals surface area contributed by atoms with Crippen molar-refractivity contribution in [1.29, 1.82) is 5.26 Å². The van der Waals surface area contributed by atoms with E-state index in [1.165, 1.54) is 0 Å².